The molecule has 1 aromatic carbocycles. The van der Waals surface area contributed by atoms with Crippen molar-refractivity contribution in [1.82, 2.24) is 4.90 Å². The first-order valence-electron chi connectivity index (χ1n) is 6.86. The third-order valence-corrected chi connectivity index (χ3v) is 4.30. The van der Waals surface area contributed by atoms with Crippen LogP contribution in [0.5, 0.6) is 0 Å². The molecule has 0 spiro atoms. The Hall–Kier alpha value is -1.02. The van der Waals surface area contributed by atoms with Crippen LogP contribution in [0.1, 0.15) is 24.8 Å². The molecule has 1 aliphatic heterocycles. The highest BCUT2D eigenvalue weighted by atomic mass is 15.2. The van der Waals surface area contributed by atoms with Crippen molar-refractivity contribution in [3.8, 4) is 0 Å². The standard InChI is InChI=1S/C15H22N2/c1-12-2-5-14(6-3-12)16-8-9-17-11-13-4-7-15(17)10-13/h2-3,5-6,13,15-16H,4,7-11H2,1H3. The lowest BCUT2D eigenvalue weighted by Gasteiger charge is -2.26. The number of hydrogen-bond acceptors (Lipinski definition) is 2. The summed E-state index contributed by atoms with van der Waals surface area (Å²) in [6.45, 7) is 5.76. The van der Waals surface area contributed by atoms with Crippen molar-refractivity contribution in [3.63, 3.8) is 0 Å². The molecule has 1 aliphatic carbocycles. The molecule has 0 radical (unpaired) electrons. The van der Waals surface area contributed by atoms with E-state index in [1.165, 1.54) is 43.6 Å². The Morgan fingerprint density at radius 3 is 2.71 bits per heavy atom. The van der Waals surface area contributed by atoms with Gasteiger partial charge in [-0.25, -0.2) is 0 Å². The minimum absolute atomic E-state index is 0.903. The topological polar surface area (TPSA) is 15.3 Å². The molecule has 0 amide bonds. The number of hydrogen-bond donors (Lipinski definition) is 1. The molecular weight excluding hydrogens is 208 g/mol. The van der Waals surface area contributed by atoms with Gasteiger partial charge in [0, 0.05) is 31.4 Å². The van der Waals surface area contributed by atoms with E-state index in [9.17, 15) is 0 Å². The fourth-order valence-corrected chi connectivity index (χ4v) is 3.32. The lowest BCUT2D eigenvalue weighted by atomic mass is 10.1. The predicted molar refractivity (Wildman–Crippen MR) is 72.4 cm³/mol. The van der Waals surface area contributed by atoms with E-state index in [2.05, 4.69) is 41.4 Å². The highest BCUT2D eigenvalue weighted by Gasteiger charge is 2.36. The first-order valence-corrected chi connectivity index (χ1v) is 6.86. The Bertz CT molecular complexity index is 371. The van der Waals surface area contributed by atoms with Crippen molar-refractivity contribution in [3.05, 3.63) is 29.8 Å². The summed E-state index contributed by atoms with van der Waals surface area (Å²) in [5, 5.41) is 3.52. The van der Waals surface area contributed by atoms with Crippen LogP contribution in [0.2, 0.25) is 0 Å². The maximum atomic E-state index is 3.52. The van der Waals surface area contributed by atoms with Crippen LogP contribution >= 0.6 is 0 Å². The third-order valence-electron chi connectivity index (χ3n) is 4.30. The molecule has 92 valence electrons. The number of nitrogens with one attached hydrogen (secondary N) is 1. The minimum Gasteiger partial charge on any atom is -0.384 e. The van der Waals surface area contributed by atoms with Gasteiger partial charge in [-0.1, -0.05) is 17.7 Å². The Morgan fingerprint density at radius 1 is 1.24 bits per heavy atom. The lowest BCUT2D eigenvalue weighted by molar-refractivity contribution is 0.221. The summed E-state index contributed by atoms with van der Waals surface area (Å²) in [7, 11) is 0. The second-order valence-corrected chi connectivity index (χ2v) is 5.62. The average molecular weight is 230 g/mol. The predicted octanol–water partition coefficient (Wildman–Crippen LogP) is 2.89. The number of benzene rings is 1. The number of piperidine rings is 1. The highest BCUT2D eigenvalue weighted by molar-refractivity contribution is 5.44. The van der Waals surface area contributed by atoms with Crippen LogP contribution in [0.4, 0.5) is 5.69 Å². The maximum Gasteiger partial charge on any atom is 0.0340 e. The fourth-order valence-electron chi connectivity index (χ4n) is 3.32. The summed E-state index contributed by atoms with van der Waals surface area (Å²) in [5.41, 5.74) is 2.58. The Balaban J connectivity index is 1.45. The number of likely N-dealkylation sites (tertiary alicyclic amines) is 1. The quantitative estimate of drug-likeness (QED) is 0.855. The zero-order valence-electron chi connectivity index (χ0n) is 10.7. The molecule has 2 nitrogen and oxygen atoms in total. The number of fused-ring (bicyclic) bond motifs is 2. The van der Waals surface area contributed by atoms with Crippen LogP contribution in [-0.2, 0) is 0 Å². The van der Waals surface area contributed by atoms with Gasteiger partial charge in [0.25, 0.3) is 0 Å². The van der Waals surface area contributed by atoms with Gasteiger partial charge in [-0.15, -0.1) is 0 Å². The monoisotopic (exact) mass is 230 g/mol. The molecule has 1 saturated heterocycles. The van der Waals surface area contributed by atoms with Gasteiger partial charge < -0.3 is 5.32 Å². The zero-order chi connectivity index (χ0) is 11.7. The van der Waals surface area contributed by atoms with Crippen LogP contribution < -0.4 is 5.32 Å². The van der Waals surface area contributed by atoms with Crippen LogP contribution in [0.15, 0.2) is 24.3 Å². The van der Waals surface area contributed by atoms with E-state index in [0.29, 0.717) is 0 Å². The second-order valence-electron chi connectivity index (χ2n) is 5.62. The van der Waals surface area contributed by atoms with E-state index < -0.39 is 0 Å². The number of nitrogens with zero attached hydrogens (tertiary/aromatic N) is 1. The first kappa shape index (κ1) is 11.1. The summed E-state index contributed by atoms with van der Waals surface area (Å²) in [5.74, 6) is 1.01. The highest BCUT2D eigenvalue weighted by Crippen LogP contribution is 2.36. The lowest BCUT2D eigenvalue weighted by Crippen LogP contribution is -2.35. The van der Waals surface area contributed by atoms with E-state index in [4.69, 9.17) is 0 Å². The Labute approximate surface area is 104 Å². The molecule has 1 heterocycles. The normalized spacial score (nSPS) is 27.6. The third kappa shape index (κ3) is 2.47. The van der Waals surface area contributed by atoms with E-state index in [-0.39, 0.29) is 0 Å². The van der Waals surface area contributed by atoms with E-state index >= 15 is 0 Å². The van der Waals surface area contributed by atoms with Gasteiger partial charge >= 0.3 is 0 Å². The van der Waals surface area contributed by atoms with Crippen LogP contribution in [0.3, 0.4) is 0 Å². The van der Waals surface area contributed by atoms with Crippen molar-refractivity contribution >= 4 is 5.69 Å². The molecule has 17 heavy (non-hydrogen) atoms. The first-order chi connectivity index (χ1) is 8.31. The molecule has 2 unspecified atom stereocenters. The van der Waals surface area contributed by atoms with Gasteiger partial charge in [-0.3, -0.25) is 4.90 Å². The van der Waals surface area contributed by atoms with Crippen LogP contribution in [0, 0.1) is 12.8 Å². The van der Waals surface area contributed by atoms with Gasteiger partial charge in [0.2, 0.25) is 0 Å². The van der Waals surface area contributed by atoms with Gasteiger partial charge in [0.1, 0.15) is 0 Å². The number of anilines is 1. The Kier molecular flexibility index (Phi) is 3.06. The largest absolute Gasteiger partial charge is 0.384 e. The van der Waals surface area contributed by atoms with Gasteiger partial charge in [0.05, 0.1) is 0 Å². The molecule has 2 bridgehead atoms. The smallest absolute Gasteiger partial charge is 0.0340 e. The summed E-state index contributed by atoms with van der Waals surface area (Å²) < 4.78 is 0. The van der Waals surface area contributed by atoms with Crippen molar-refractivity contribution < 1.29 is 0 Å². The van der Waals surface area contributed by atoms with E-state index in [1.807, 2.05) is 0 Å². The molecule has 2 atom stereocenters. The minimum atomic E-state index is 0.903. The summed E-state index contributed by atoms with van der Waals surface area (Å²) >= 11 is 0. The molecule has 1 saturated carbocycles. The summed E-state index contributed by atoms with van der Waals surface area (Å²) in [6, 6.07) is 9.58. The van der Waals surface area contributed by atoms with Crippen molar-refractivity contribution in [2.45, 2.75) is 32.2 Å². The SMILES string of the molecule is Cc1ccc(NCCN2CC3CCC2C3)cc1. The summed E-state index contributed by atoms with van der Waals surface area (Å²) in [6.07, 6.45) is 4.38. The van der Waals surface area contributed by atoms with Crippen molar-refractivity contribution in [2.75, 3.05) is 25.0 Å². The van der Waals surface area contributed by atoms with Crippen molar-refractivity contribution in [2.24, 2.45) is 5.92 Å². The molecule has 2 aliphatic rings. The van der Waals surface area contributed by atoms with Crippen molar-refractivity contribution in [1.29, 1.82) is 0 Å². The molecule has 1 aromatic rings. The van der Waals surface area contributed by atoms with Crippen LogP contribution in [0.25, 0.3) is 0 Å². The molecule has 1 N–H and O–H groups in total. The molecule has 0 aromatic heterocycles. The van der Waals surface area contributed by atoms with E-state index in [1.54, 1.807) is 0 Å². The molecule has 2 fully saturated rings. The molecular formula is C15H22N2. The molecule has 2 heteroatoms. The summed E-state index contributed by atoms with van der Waals surface area (Å²) in [4.78, 5) is 2.68. The fraction of sp³-hybridized carbons (Fsp3) is 0.600. The average Bonchev–Trinajstić information content (AvgIpc) is 2.94. The zero-order valence-corrected chi connectivity index (χ0v) is 10.7. The van der Waals surface area contributed by atoms with Gasteiger partial charge in [-0.05, 0) is 44.2 Å². The van der Waals surface area contributed by atoms with Crippen LogP contribution in [-0.4, -0.2) is 30.6 Å². The second kappa shape index (κ2) is 4.69. The maximum absolute atomic E-state index is 3.52. The van der Waals surface area contributed by atoms with E-state index in [0.717, 1.165) is 18.5 Å². The van der Waals surface area contributed by atoms with Gasteiger partial charge in [-0.2, -0.15) is 0 Å². The van der Waals surface area contributed by atoms with Gasteiger partial charge in [0.15, 0.2) is 0 Å². The Morgan fingerprint density at radius 2 is 2.06 bits per heavy atom. The number of rotatable bonds is 4. The molecule has 3 rings (SSSR count). The number of aryl methyl sites for hydroxylation is 1.